The Balaban J connectivity index is 2.41. The van der Waals surface area contributed by atoms with Gasteiger partial charge < -0.3 is 0 Å². The van der Waals surface area contributed by atoms with E-state index in [0.717, 1.165) is 11.1 Å². The first-order valence-corrected chi connectivity index (χ1v) is 5.86. The van der Waals surface area contributed by atoms with E-state index < -0.39 is 0 Å². The summed E-state index contributed by atoms with van der Waals surface area (Å²) in [5.74, 6) is 0. The van der Waals surface area contributed by atoms with Crippen molar-refractivity contribution in [1.82, 2.24) is 0 Å². The molecular formula is C16H10N2O2. The van der Waals surface area contributed by atoms with E-state index in [1.807, 2.05) is 30.3 Å². The summed E-state index contributed by atoms with van der Waals surface area (Å²) in [5, 5.41) is 0. The van der Waals surface area contributed by atoms with E-state index in [1.54, 1.807) is 36.4 Å². The van der Waals surface area contributed by atoms with Crippen LogP contribution in [0, 0.1) is 0 Å². The number of hydrogen-bond acceptors (Lipinski definition) is 4. The maximum absolute atomic E-state index is 10.5. The molecule has 4 nitrogen and oxygen atoms in total. The van der Waals surface area contributed by atoms with E-state index in [9.17, 15) is 9.59 Å². The summed E-state index contributed by atoms with van der Waals surface area (Å²) in [4.78, 5) is 27.9. The molecule has 96 valence electrons. The Kier molecular flexibility index (Phi) is 4.52. The maximum atomic E-state index is 10.5. The minimum absolute atomic E-state index is 0.493. The number of isocyanates is 2. The minimum atomic E-state index is 0.493. The zero-order valence-electron chi connectivity index (χ0n) is 10.5. The fourth-order valence-corrected chi connectivity index (χ4v) is 1.70. The lowest BCUT2D eigenvalue weighted by molar-refractivity contribution is 0.564. The monoisotopic (exact) mass is 262 g/mol. The first kappa shape index (κ1) is 13.4. The van der Waals surface area contributed by atoms with Crippen LogP contribution in [0.15, 0.2) is 64.6 Å². The Labute approximate surface area is 115 Å². The largest absolute Gasteiger partial charge is 0.240 e. The first-order chi connectivity index (χ1) is 9.83. The number of rotatable bonds is 4. The van der Waals surface area contributed by atoms with Crippen LogP contribution in [0.2, 0.25) is 0 Å². The van der Waals surface area contributed by atoms with Crippen LogP contribution in [0.4, 0.5) is 5.69 Å². The Bertz CT molecular complexity index is 706. The molecular weight excluding hydrogens is 252 g/mol. The van der Waals surface area contributed by atoms with Crippen LogP contribution in [0.5, 0.6) is 0 Å². The standard InChI is InChI=1S/C16H10N2O2/c19-11-17-15-8-6-14(7-9-15)16(18-12-20)10-13-4-2-1-3-5-13/h1-10H. The number of nitrogens with zero attached hydrogens (tertiary/aromatic N) is 2. The molecule has 2 aromatic carbocycles. The number of hydrogen-bond donors (Lipinski definition) is 0. The molecule has 0 atom stereocenters. The highest BCUT2D eigenvalue weighted by Gasteiger charge is 2.01. The molecule has 0 fully saturated rings. The molecule has 0 radical (unpaired) electrons. The summed E-state index contributed by atoms with van der Waals surface area (Å²) in [6.07, 6.45) is 4.80. The van der Waals surface area contributed by atoms with Gasteiger partial charge in [-0.1, -0.05) is 42.5 Å². The van der Waals surface area contributed by atoms with Gasteiger partial charge in [0.05, 0.1) is 11.4 Å². The van der Waals surface area contributed by atoms with E-state index >= 15 is 0 Å². The first-order valence-electron chi connectivity index (χ1n) is 5.86. The molecule has 0 heterocycles. The predicted octanol–water partition coefficient (Wildman–Crippen LogP) is 3.49. The van der Waals surface area contributed by atoms with Crippen molar-refractivity contribution in [3.63, 3.8) is 0 Å². The highest BCUT2D eigenvalue weighted by atomic mass is 16.1. The van der Waals surface area contributed by atoms with Crippen molar-refractivity contribution >= 4 is 29.6 Å². The Morgan fingerprint density at radius 3 is 2.20 bits per heavy atom. The quantitative estimate of drug-likeness (QED) is 0.481. The molecule has 0 spiro atoms. The second kappa shape index (κ2) is 6.76. The number of benzene rings is 2. The highest BCUT2D eigenvalue weighted by Crippen LogP contribution is 2.22. The van der Waals surface area contributed by atoms with Crippen LogP contribution in [-0.2, 0) is 9.59 Å². The minimum Gasteiger partial charge on any atom is -0.211 e. The van der Waals surface area contributed by atoms with Crippen LogP contribution in [0.1, 0.15) is 11.1 Å². The number of carbonyl (C=O) groups excluding carboxylic acids is 2. The van der Waals surface area contributed by atoms with Crippen molar-refractivity contribution in [2.24, 2.45) is 9.98 Å². The summed E-state index contributed by atoms with van der Waals surface area (Å²) in [6, 6.07) is 16.3. The molecule has 20 heavy (non-hydrogen) atoms. The lowest BCUT2D eigenvalue weighted by atomic mass is 10.1. The third-order valence-electron chi connectivity index (χ3n) is 2.61. The van der Waals surface area contributed by atoms with Crippen molar-refractivity contribution in [1.29, 1.82) is 0 Å². The Morgan fingerprint density at radius 1 is 0.900 bits per heavy atom. The van der Waals surface area contributed by atoms with Crippen LogP contribution >= 0.6 is 0 Å². The van der Waals surface area contributed by atoms with Crippen molar-refractivity contribution in [2.45, 2.75) is 0 Å². The molecule has 0 aliphatic carbocycles. The van der Waals surface area contributed by atoms with Gasteiger partial charge in [-0.05, 0) is 23.8 Å². The molecule has 0 aromatic heterocycles. The van der Waals surface area contributed by atoms with Gasteiger partial charge in [0.15, 0.2) is 0 Å². The van der Waals surface area contributed by atoms with Crippen LogP contribution < -0.4 is 0 Å². The van der Waals surface area contributed by atoms with Gasteiger partial charge in [-0.2, -0.15) is 9.98 Å². The normalized spacial score (nSPS) is 10.3. The lowest BCUT2D eigenvalue weighted by Crippen LogP contribution is -1.81. The lowest BCUT2D eigenvalue weighted by Gasteiger charge is -2.01. The van der Waals surface area contributed by atoms with E-state index in [2.05, 4.69) is 9.98 Å². The molecule has 0 amide bonds. The van der Waals surface area contributed by atoms with Crippen molar-refractivity contribution in [3.8, 4) is 0 Å². The summed E-state index contributed by atoms with van der Waals surface area (Å²) in [5.41, 5.74) is 2.66. The average molecular weight is 262 g/mol. The Hall–Kier alpha value is -3.06. The highest BCUT2D eigenvalue weighted by molar-refractivity contribution is 5.83. The maximum Gasteiger partial charge on any atom is 0.240 e. The molecule has 2 rings (SSSR count). The van der Waals surface area contributed by atoms with Gasteiger partial charge in [-0.25, -0.2) is 9.59 Å². The van der Waals surface area contributed by atoms with Crippen molar-refractivity contribution < 1.29 is 9.59 Å². The van der Waals surface area contributed by atoms with Crippen LogP contribution in [0.25, 0.3) is 11.8 Å². The number of aliphatic imine (C=N–C) groups is 2. The fraction of sp³-hybridized carbons (Fsp3) is 0. The van der Waals surface area contributed by atoms with E-state index in [-0.39, 0.29) is 0 Å². The topological polar surface area (TPSA) is 58.9 Å². The van der Waals surface area contributed by atoms with Crippen molar-refractivity contribution in [2.75, 3.05) is 0 Å². The smallest absolute Gasteiger partial charge is 0.211 e. The molecule has 0 saturated heterocycles. The average Bonchev–Trinajstić information content (AvgIpc) is 2.49. The van der Waals surface area contributed by atoms with Crippen LogP contribution in [0.3, 0.4) is 0 Å². The zero-order chi connectivity index (χ0) is 14.2. The third-order valence-corrected chi connectivity index (χ3v) is 2.61. The van der Waals surface area contributed by atoms with E-state index in [4.69, 9.17) is 0 Å². The summed E-state index contributed by atoms with van der Waals surface area (Å²) in [6.45, 7) is 0. The van der Waals surface area contributed by atoms with Gasteiger partial charge >= 0.3 is 0 Å². The molecule has 0 aliphatic rings. The second-order valence-corrected chi connectivity index (χ2v) is 3.89. The van der Waals surface area contributed by atoms with Gasteiger partial charge in [-0.3, -0.25) is 0 Å². The van der Waals surface area contributed by atoms with E-state index in [1.165, 1.54) is 6.08 Å². The summed E-state index contributed by atoms with van der Waals surface area (Å²) in [7, 11) is 0. The molecule has 0 saturated carbocycles. The molecule has 0 N–H and O–H groups in total. The third kappa shape index (κ3) is 3.47. The summed E-state index contributed by atoms with van der Waals surface area (Å²) < 4.78 is 0. The van der Waals surface area contributed by atoms with Crippen LogP contribution in [-0.4, -0.2) is 12.2 Å². The van der Waals surface area contributed by atoms with Crippen molar-refractivity contribution in [3.05, 3.63) is 65.7 Å². The van der Waals surface area contributed by atoms with Gasteiger partial charge in [0.2, 0.25) is 12.2 Å². The van der Waals surface area contributed by atoms with Gasteiger partial charge in [0, 0.05) is 5.56 Å². The fourth-order valence-electron chi connectivity index (χ4n) is 1.70. The summed E-state index contributed by atoms with van der Waals surface area (Å²) >= 11 is 0. The van der Waals surface area contributed by atoms with Gasteiger partial charge in [0.25, 0.3) is 0 Å². The van der Waals surface area contributed by atoms with Gasteiger partial charge in [-0.15, -0.1) is 0 Å². The molecule has 0 bridgehead atoms. The molecule has 0 unspecified atom stereocenters. The SMILES string of the molecule is O=C=NC(=Cc1ccccc1)c1ccc(N=C=O)cc1. The Morgan fingerprint density at radius 2 is 1.60 bits per heavy atom. The second-order valence-electron chi connectivity index (χ2n) is 3.89. The van der Waals surface area contributed by atoms with Gasteiger partial charge in [0.1, 0.15) is 0 Å². The molecule has 4 heteroatoms. The predicted molar refractivity (Wildman–Crippen MR) is 76.7 cm³/mol. The zero-order valence-corrected chi connectivity index (χ0v) is 10.5. The van der Waals surface area contributed by atoms with E-state index in [0.29, 0.717) is 11.4 Å². The molecule has 2 aromatic rings. The molecule has 0 aliphatic heterocycles.